The molecule has 0 aliphatic carbocycles. The standard InChI is InChI=1S/C10H14FNO2/c1-6-4-7(11)5-8(10(6)14)9(12)2-3-13/h4-5,9,13-14H,2-3,12H2,1H3. The maximum atomic E-state index is 13.0. The van der Waals surface area contributed by atoms with Crippen LogP contribution < -0.4 is 5.73 Å². The third-order valence-corrected chi connectivity index (χ3v) is 2.13. The van der Waals surface area contributed by atoms with Gasteiger partial charge in [0.25, 0.3) is 0 Å². The van der Waals surface area contributed by atoms with E-state index in [0.29, 0.717) is 17.5 Å². The summed E-state index contributed by atoms with van der Waals surface area (Å²) in [5, 5.41) is 18.3. The lowest BCUT2D eigenvalue weighted by molar-refractivity contribution is 0.275. The Morgan fingerprint density at radius 1 is 1.50 bits per heavy atom. The van der Waals surface area contributed by atoms with Crippen molar-refractivity contribution < 1.29 is 14.6 Å². The molecule has 4 heteroatoms. The molecule has 0 radical (unpaired) electrons. The van der Waals surface area contributed by atoms with Crippen molar-refractivity contribution in [2.24, 2.45) is 5.73 Å². The summed E-state index contributed by atoms with van der Waals surface area (Å²) in [6.07, 6.45) is 0.302. The third-order valence-electron chi connectivity index (χ3n) is 2.13. The zero-order chi connectivity index (χ0) is 10.7. The van der Waals surface area contributed by atoms with Crippen LogP contribution in [0.15, 0.2) is 12.1 Å². The quantitative estimate of drug-likeness (QED) is 0.685. The first-order valence-corrected chi connectivity index (χ1v) is 4.41. The number of benzene rings is 1. The van der Waals surface area contributed by atoms with Gasteiger partial charge in [-0.25, -0.2) is 4.39 Å². The Morgan fingerprint density at radius 2 is 2.14 bits per heavy atom. The van der Waals surface area contributed by atoms with Gasteiger partial charge in [0, 0.05) is 18.2 Å². The molecule has 14 heavy (non-hydrogen) atoms. The van der Waals surface area contributed by atoms with E-state index in [1.165, 1.54) is 12.1 Å². The molecule has 1 aromatic rings. The van der Waals surface area contributed by atoms with Gasteiger partial charge in [0.05, 0.1) is 0 Å². The van der Waals surface area contributed by atoms with E-state index in [-0.39, 0.29) is 12.4 Å². The van der Waals surface area contributed by atoms with Gasteiger partial charge in [0.2, 0.25) is 0 Å². The molecule has 0 aliphatic rings. The summed E-state index contributed by atoms with van der Waals surface area (Å²) in [4.78, 5) is 0. The molecule has 0 saturated carbocycles. The summed E-state index contributed by atoms with van der Waals surface area (Å²) in [7, 11) is 0. The molecule has 0 saturated heterocycles. The van der Waals surface area contributed by atoms with Crippen molar-refractivity contribution in [1.82, 2.24) is 0 Å². The van der Waals surface area contributed by atoms with Crippen LogP contribution in [0.2, 0.25) is 0 Å². The molecule has 0 amide bonds. The maximum Gasteiger partial charge on any atom is 0.124 e. The Bertz CT molecular complexity index is 328. The van der Waals surface area contributed by atoms with E-state index in [1.807, 2.05) is 0 Å². The number of aliphatic hydroxyl groups is 1. The minimum Gasteiger partial charge on any atom is -0.507 e. The van der Waals surface area contributed by atoms with Crippen LogP contribution in [0, 0.1) is 12.7 Å². The maximum absolute atomic E-state index is 13.0. The van der Waals surface area contributed by atoms with Crippen LogP contribution >= 0.6 is 0 Å². The number of aliphatic hydroxyl groups excluding tert-OH is 1. The minimum absolute atomic E-state index is 0.00681. The molecule has 1 atom stereocenters. The predicted octanol–water partition coefficient (Wildman–Crippen LogP) is 1.22. The zero-order valence-electron chi connectivity index (χ0n) is 8.00. The Kier molecular flexibility index (Phi) is 3.43. The monoisotopic (exact) mass is 199 g/mol. The first-order valence-electron chi connectivity index (χ1n) is 4.41. The van der Waals surface area contributed by atoms with E-state index >= 15 is 0 Å². The van der Waals surface area contributed by atoms with Crippen LogP contribution in [0.25, 0.3) is 0 Å². The van der Waals surface area contributed by atoms with Crippen molar-refractivity contribution in [2.75, 3.05) is 6.61 Å². The first-order chi connectivity index (χ1) is 6.56. The Morgan fingerprint density at radius 3 is 2.71 bits per heavy atom. The number of rotatable bonds is 3. The van der Waals surface area contributed by atoms with Gasteiger partial charge >= 0.3 is 0 Å². The average Bonchev–Trinajstić information content (AvgIpc) is 2.11. The molecule has 0 heterocycles. The fourth-order valence-corrected chi connectivity index (χ4v) is 1.34. The number of aryl methyl sites for hydroxylation is 1. The zero-order valence-corrected chi connectivity index (χ0v) is 8.00. The number of halogens is 1. The minimum atomic E-state index is -0.533. The highest BCUT2D eigenvalue weighted by atomic mass is 19.1. The largest absolute Gasteiger partial charge is 0.507 e. The SMILES string of the molecule is Cc1cc(F)cc(C(N)CCO)c1O. The topological polar surface area (TPSA) is 66.5 Å². The summed E-state index contributed by atoms with van der Waals surface area (Å²) in [5.74, 6) is -0.420. The van der Waals surface area contributed by atoms with Gasteiger partial charge in [-0.05, 0) is 31.0 Å². The second kappa shape index (κ2) is 4.39. The molecule has 0 fully saturated rings. The number of nitrogens with two attached hydrogens (primary N) is 1. The Labute approximate surface area is 82.0 Å². The number of hydrogen-bond donors (Lipinski definition) is 3. The van der Waals surface area contributed by atoms with E-state index < -0.39 is 11.9 Å². The number of hydrogen-bond acceptors (Lipinski definition) is 3. The summed E-state index contributed by atoms with van der Waals surface area (Å²) in [6, 6.07) is 1.90. The van der Waals surface area contributed by atoms with Gasteiger partial charge in [-0.2, -0.15) is 0 Å². The lowest BCUT2D eigenvalue weighted by Gasteiger charge is -2.13. The highest BCUT2D eigenvalue weighted by molar-refractivity contribution is 5.41. The molecule has 78 valence electrons. The van der Waals surface area contributed by atoms with E-state index in [1.54, 1.807) is 6.92 Å². The predicted molar refractivity (Wildman–Crippen MR) is 51.4 cm³/mol. The van der Waals surface area contributed by atoms with Crippen LogP contribution in [-0.4, -0.2) is 16.8 Å². The fraction of sp³-hybridized carbons (Fsp3) is 0.400. The van der Waals surface area contributed by atoms with Gasteiger partial charge in [-0.15, -0.1) is 0 Å². The normalized spacial score (nSPS) is 12.9. The van der Waals surface area contributed by atoms with Crippen molar-refractivity contribution in [2.45, 2.75) is 19.4 Å². The van der Waals surface area contributed by atoms with Crippen molar-refractivity contribution in [1.29, 1.82) is 0 Å². The summed E-state index contributed by atoms with van der Waals surface area (Å²) < 4.78 is 13.0. The Hall–Kier alpha value is -1.13. The highest BCUT2D eigenvalue weighted by Crippen LogP contribution is 2.28. The van der Waals surface area contributed by atoms with Gasteiger partial charge in [0.15, 0.2) is 0 Å². The van der Waals surface area contributed by atoms with Gasteiger partial charge in [-0.1, -0.05) is 0 Å². The number of phenols is 1. The van der Waals surface area contributed by atoms with E-state index in [9.17, 15) is 9.50 Å². The second-order valence-electron chi connectivity index (χ2n) is 3.28. The van der Waals surface area contributed by atoms with Crippen LogP contribution in [0.4, 0.5) is 4.39 Å². The molecule has 1 rings (SSSR count). The van der Waals surface area contributed by atoms with Gasteiger partial charge in [0.1, 0.15) is 11.6 Å². The molecule has 4 N–H and O–H groups in total. The summed E-state index contributed by atoms with van der Waals surface area (Å²) in [6.45, 7) is 1.52. The van der Waals surface area contributed by atoms with E-state index in [2.05, 4.69) is 0 Å². The van der Waals surface area contributed by atoms with Crippen LogP contribution in [-0.2, 0) is 0 Å². The van der Waals surface area contributed by atoms with Crippen molar-refractivity contribution in [3.8, 4) is 5.75 Å². The molecule has 0 aliphatic heterocycles. The molecular weight excluding hydrogens is 185 g/mol. The molecule has 0 spiro atoms. The first kappa shape index (κ1) is 10.9. The van der Waals surface area contributed by atoms with Crippen LogP contribution in [0.3, 0.4) is 0 Å². The van der Waals surface area contributed by atoms with E-state index in [4.69, 9.17) is 10.8 Å². The summed E-state index contributed by atoms with van der Waals surface area (Å²) >= 11 is 0. The molecule has 3 nitrogen and oxygen atoms in total. The molecule has 0 aromatic heterocycles. The molecule has 0 bridgehead atoms. The summed E-state index contributed by atoms with van der Waals surface area (Å²) in [5.41, 5.74) is 6.45. The lowest BCUT2D eigenvalue weighted by atomic mass is 10.0. The molecule has 1 aromatic carbocycles. The van der Waals surface area contributed by atoms with Crippen molar-refractivity contribution in [3.63, 3.8) is 0 Å². The number of aromatic hydroxyl groups is 1. The fourth-order valence-electron chi connectivity index (χ4n) is 1.34. The molecule has 1 unspecified atom stereocenters. The second-order valence-corrected chi connectivity index (χ2v) is 3.28. The molecular formula is C10H14FNO2. The highest BCUT2D eigenvalue weighted by Gasteiger charge is 2.13. The van der Waals surface area contributed by atoms with Gasteiger partial charge in [-0.3, -0.25) is 0 Å². The van der Waals surface area contributed by atoms with Crippen molar-refractivity contribution in [3.05, 3.63) is 29.1 Å². The number of phenolic OH excluding ortho intramolecular Hbond substituents is 1. The smallest absolute Gasteiger partial charge is 0.124 e. The van der Waals surface area contributed by atoms with Crippen LogP contribution in [0.1, 0.15) is 23.6 Å². The average molecular weight is 199 g/mol. The van der Waals surface area contributed by atoms with Gasteiger partial charge < -0.3 is 15.9 Å². The van der Waals surface area contributed by atoms with Crippen LogP contribution in [0.5, 0.6) is 5.75 Å². The third kappa shape index (κ3) is 2.21. The Balaban J connectivity index is 3.07. The lowest BCUT2D eigenvalue weighted by Crippen LogP contribution is -2.12. The van der Waals surface area contributed by atoms with Crippen molar-refractivity contribution >= 4 is 0 Å². The van der Waals surface area contributed by atoms with E-state index in [0.717, 1.165) is 0 Å².